The molecule has 0 saturated heterocycles. The lowest BCUT2D eigenvalue weighted by Gasteiger charge is -2.19. The molecule has 2 N–H and O–H groups in total. The van der Waals surface area contributed by atoms with E-state index in [1.54, 1.807) is 6.07 Å². The highest BCUT2D eigenvalue weighted by Gasteiger charge is 2.14. The van der Waals surface area contributed by atoms with Crippen LogP contribution in [0.25, 0.3) is 0 Å². The molecule has 0 radical (unpaired) electrons. The van der Waals surface area contributed by atoms with Gasteiger partial charge in [-0.05, 0) is 49.4 Å². The lowest BCUT2D eigenvalue weighted by Crippen LogP contribution is -2.14. The molecule has 1 unspecified atom stereocenters. The van der Waals surface area contributed by atoms with Gasteiger partial charge in [-0.25, -0.2) is 0 Å². The SMILES string of the molecule is NC(/C1=C/CCCCCC1)c1cc(Cl)cc(Cl)c1. The number of hydrogen-bond donors (Lipinski definition) is 1. The molecule has 0 spiro atoms. The summed E-state index contributed by atoms with van der Waals surface area (Å²) in [5.74, 6) is 0. The third kappa shape index (κ3) is 3.74. The maximum absolute atomic E-state index is 6.34. The normalized spacial score (nSPS) is 21.6. The summed E-state index contributed by atoms with van der Waals surface area (Å²) in [6.45, 7) is 0. The number of allylic oxidation sites excluding steroid dienone is 1. The molecule has 1 aromatic carbocycles. The van der Waals surface area contributed by atoms with Gasteiger partial charge >= 0.3 is 0 Å². The fraction of sp³-hybridized carbons (Fsp3) is 0.467. The summed E-state index contributed by atoms with van der Waals surface area (Å²) >= 11 is 12.1. The first kappa shape index (κ1) is 13.9. The van der Waals surface area contributed by atoms with E-state index in [9.17, 15) is 0 Å². The third-order valence-electron chi connectivity index (χ3n) is 3.47. The first-order valence-corrected chi connectivity index (χ1v) is 7.33. The summed E-state index contributed by atoms with van der Waals surface area (Å²) in [6, 6.07) is 5.50. The molecule has 1 aliphatic rings. The Balaban J connectivity index is 2.20. The molecule has 0 heterocycles. The summed E-state index contributed by atoms with van der Waals surface area (Å²) < 4.78 is 0. The fourth-order valence-electron chi connectivity index (χ4n) is 2.47. The third-order valence-corrected chi connectivity index (χ3v) is 3.91. The molecule has 0 fully saturated rings. The van der Waals surface area contributed by atoms with Gasteiger partial charge in [-0.2, -0.15) is 0 Å². The van der Waals surface area contributed by atoms with Gasteiger partial charge in [0.2, 0.25) is 0 Å². The molecule has 1 nitrogen and oxygen atoms in total. The summed E-state index contributed by atoms with van der Waals surface area (Å²) in [4.78, 5) is 0. The van der Waals surface area contributed by atoms with Crippen molar-refractivity contribution in [3.8, 4) is 0 Å². The van der Waals surface area contributed by atoms with Gasteiger partial charge in [-0.15, -0.1) is 0 Å². The van der Waals surface area contributed by atoms with Crippen LogP contribution >= 0.6 is 23.2 Å². The highest BCUT2D eigenvalue weighted by Crippen LogP contribution is 2.30. The van der Waals surface area contributed by atoms with E-state index in [0.29, 0.717) is 10.0 Å². The Kier molecular flexibility index (Phi) is 5.11. The van der Waals surface area contributed by atoms with Crippen molar-refractivity contribution in [2.75, 3.05) is 0 Å². The van der Waals surface area contributed by atoms with E-state index in [1.807, 2.05) is 12.1 Å². The molecule has 3 heteroatoms. The van der Waals surface area contributed by atoms with Gasteiger partial charge in [0.1, 0.15) is 0 Å². The minimum Gasteiger partial charge on any atom is -0.321 e. The van der Waals surface area contributed by atoms with Crippen molar-refractivity contribution in [2.24, 2.45) is 5.73 Å². The smallest absolute Gasteiger partial charge is 0.0512 e. The van der Waals surface area contributed by atoms with Crippen molar-refractivity contribution in [1.29, 1.82) is 0 Å². The van der Waals surface area contributed by atoms with Crippen LogP contribution in [0.3, 0.4) is 0 Å². The van der Waals surface area contributed by atoms with E-state index in [4.69, 9.17) is 28.9 Å². The molecule has 0 saturated carbocycles. The van der Waals surface area contributed by atoms with Crippen molar-refractivity contribution in [3.05, 3.63) is 45.5 Å². The van der Waals surface area contributed by atoms with Crippen LogP contribution in [0.5, 0.6) is 0 Å². The molecular formula is C15H19Cl2N. The largest absolute Gasteiger partial charge is 0.321 e. The summed E-state index contributed by atoms with van der Waals surface area (Å²) in [5, 5.41) is 1.30. The van der Waals surface area contributed by atoms with Gasteiger partial charge < -0.3 is 5.73 Å². The van der Waals surface area contributed by atoms with E-state index >= 15 is 0 Å². The Bertz CT molecular complexity index is 420. The predicted octanol–water partition coefficient (Wildman–Crippen LogP) is 5.27. The van der Waals surface area contributed by atoms with Gasteiger partial charge in [0.15, 0.2) is 0 Å². The Morgan fingerprint density at radius 2 is 1.61 bits per heavy atom. The van der Waals surface area contributed by atoms with Crippen molar-refractivity contribution < 1.29 is 0 Å². The van der Waals surface area contributed by atoms with Crippen molar-refractivity contribution in [2.45, 2.75) is 44.6 Å². The van der Waals surface area contributed by atoms with Crippen LogP contribution in [0.1, 0.15) is 50.1 Å². The number of benzene rings is 1. The molecule has 1 aromatic rings. The van der Waals surface area contributed by atoms with Gasteiger partial charge in [0, 0.05) is 10.0 Å². The Labute approximate surface area is 119 Å². The van der Waals surface area contributed by atoms with Gasteiger partial charge in [-0.1, -0.05) is 47.7 Å². The molecule has 98 valence electrons. The van der Waals surface area contributed by atoms with E-state index in [-0.39, 0.29) is 6.04 Å². The first-order chi connectivity index (χ1) is 8.66. The monoisotopic (exact) mass is 283 g/mol. The van der Waals surface area contributed by atoms with Crippen molar-refractivity contribution in [3.63, 3.8) is 0 Å². The molecule has 1 aliphatic carbocycles. The van der Waals surface area contributed by atoms with E-state index in [1.165, 1.54) is 31.3 Å². The second-order valence-electron chi connectivity index (χ2n) is 4.91. The van der Waals surface area contributed by atoms with Crippen LogP contribution < -0.4 is 5.73 Å². The van der Waals surface area contributed by atoms with Gasteiger partial charge in [0.25, 0.3) is 0 Å². The summed E-state index contributed by atoms with van der Waals surface area (Å²) in [5.41, 5.74) is 8.68. The van der Waals surface area contributed by atoms with E-state index in [0.717, 1.165) is 18.4 Å². The highest BCUT2D eigenvalue weighted by molar-refractivity contribution is 6.34. The maximum Gasteiger partial charge on any atom is 0.0512 e. The van der Waals surface area contributed by atoms with Crippen LogP contribution in [-0.4, -0.2) is 0 Å². The van der Waals surface area contributed by atoms with Crippen LogP contribution in [0, 0.1) is 0 Å². The molecule has 2 rings (SSSR count). The molecule has 1 atom stereocenters. The standard InChI is InChI=1S/C15H19Cl2N/c16-13-8-12(9-14(17)10-13)15(18)11-6-4-2-1-3-5-7-11/h6,8-10,15H,1-5,7,18H2/b11-6+. The first-order valence-electron chi connectivity index (χ1n) is 6.57. The zero-order valence-corrected chi connectivity index (χ0v) is 12.0. The second-order valence-corrected chi connectivity index (χ2v) is 5.79. The van der Waals surface area contributed by atoms with Crippen LogP contribution in [-0.2, 0) is 0 Å². The molecule has 0 amide bonds. The minimum atomic E-state index is -0.0701. The van der Waals surface area contributed by atoms with Crippen LogP contribution in [0.4, 0.5) is 0 Å². The predicted molar refractivity (Wildman–Crippen MR) is 79.2 cm³/mol. The van der Waals surface area contributed by atoms with Crippen LogP contribution in [0.15, 0.2) is 29.8 Å². The second kappa shape index (κ2) is 6.60. The average Bonchev–Trinajstić information content (AvgIpc) is 2.26. The number of hydrogen-bond acceptors (Lipinski definition) is 1. The quantitative estimate of drug-likeness (QED) is 0.735. The topological polar surface area (TPSA) is 26.0 Å². The fourth-order valence-corrected chi connectivity index (χ4v) is 3.01. The summed E-state index contributed by atoms with van der Waals surface area (Å²) in [6.07, 6.45) is 9.67. The molecule has 0 bridgehead atoms. The van der Waals surface area contributed by atoms with Gasteiger partial charge in [0.05, 0.1) is 6.04 Å². The Morgan fingerprint density at radius 3 is 2.33 bits per heavy atom. The lowest BCUT2D eigenvalue weighted by molar-refractivity contribution is 0.602. The molecule has 18 heavy (non-hydrogen) atoms. The molecule has 0 aromatic heterocycles. The van der Waals surface area contributed by atoms with E-state index < -0.39 is 0 Å². The molecular weight excluding hydrogens is 265 g/mol. The lowest BCUT2D eigenvalue weighted by atomic mass is 9.91. The Hall–Kier alpha value is -0.500. The minimum absolute atomic E-state index is 0.0701. The van der Waals surface area contributed by atoms with Gasteiger partial charge in [-0.3, -0.25) is 0 Å². The number of nitrogens with two attached hydrogens (primary N) is 1. The zero-order valence-electron chi connectivity index (χ0n) is 10.5. The average molecular weight is 284 g/mol. The number of halogens is 2. The van der Waals surface area contributed by atoms with E-state index in [2.05, 4.69) is 6.08 Å². The van der Waals surface area contributed by atoms with Crippen molar-refractivity contribution in [1.82, 2.24) is 0 Å². The Morgan fingerprint density at radius 1 is 0.944 bits per heavy atom. The highest BCUT2D eigenvalue weighted by atomic mass is 35.5. The maximum atomic E-state index is 6.34. The summed E-state index contributed by atoms with van der Waals surface area (Å²) in [7, 11) is 0. The zero-order chi connectivity index (χ0) is 13.0. The van der Waals surface area contributed by atoms with Crippen LogP contribution in [0.2, 0.25) is 10.0 Å². The number of rotatable bonds is 2. The molecule has 0 aliphatic heterocycles. The van der Waals surface area contributed by atoms with Crippen molar-refractivity contribution >= 4 is 23.2 Å².